The van der Waals surface area contributed by atoms with Crippen LogP contribution in [0.3, 0.4) is 0 Å². The van der Waals surface area contributed by atoms with E-state index in [1.54, 1.807) is 12.1 Å². The number of hydrogen-bond donors (Lipinski definition) is 0. The summed E-state index contributed by atoms with van der Waals surface area (Å²) in [6.45, 7) is 9.44. The molecule has 0 aliphatic heterocycles. The number of carbonyl (C=O) groups excluding carboxylic acids is 2. The molecule has 0 aliphatic carbocycles. The molecule has 0 saturated carbocycles. The Hall–Kier alpha value is -3.54. The summed E-state index contributed by atoms with van der Waals surface area (Å²) in [6, 6.07) is 22.8. The Bertz CT molecular complexity index is 1320. The van der Waals surface area contributed by atoms with Gasteiger partial charge in [-0.05, 0) is 71.5 Å². The molecular weight excluding hydrogens is 488 g/mol. The molecule has 5 nitrogen and oxygen atoms in total. The highest BCUT2D eigenvalue weighted by Crippen LogP contribution is 2.34. The zero-order valence-corrected chi connectivity index (χ0v) is 23.4. The Morgan fingerprint density at radius 2 is 0.949 bits per heavy atom. The van der Waals surface area contributed by atoms with E-state index in [9.17, 15) is 9.59 Å². The van der Waals surface area contributed by atoms with Crippen molar-refractivity contribution in [3.05, 3.63) is 95.1 Å². The minimum Gasteiger partial charge on any atom is -0.386 e. The van der Waals surface area contributed by atoms with E-state index in [2.05, 4.69) is 13.8 Å². The van der Waals surface area contributed by atoms with E-state index in [4.69, 9.17) is 14.2 Å². The fraction of sp³-hybridized carbons (Fsp3) is 0.353. The standard InChI is InChI=1S/C34H38O5/c1-5-13-31(37-7-3)27-19-21-29(25-17-11-9-15-23(25)27)33(35)39-34(36)30-22-20-28(32(14-6-2)38-8-4)24-16-10-12-18-26(24)30/h9-12,15-22,31-32H,5-8,13-14H2,1-4H3. The minimum absolute atomic E-state index is 0.0605. The van der Waals surface area contributed by atoms with Crippen molar-refractivity contribution >= 4 is 33.5 Å². The molecule has 0 fully saturated rings. The average Bonchev–Trinajstić information content (AvgIpc) is 2.95. The lowest BCUT2D eigenvalue weighted by molar-refractivity contribution is 0.0399. The third-order valence-corrected chi connectivity index (χ3v) is 7.07. The second kappa shape index (κ2) is 13.5. The van der Waals surface area contributed by atoms with E-state index in [1.807, 2.05) is 74.5 Å². The molecule has 0 heterocycles. The third kappa shape index (κ3) is 6.21. The minimum atomic E-state index is -0.669. The number of benzene rings is 4. The molecule has 4 rings (SSSR count). The van der Waals surface area contributed by atoms with E-state index < -0.39 is 11.9 Å². The van der Waals surface area contributed by atoms with E-state index in [0.717, 1.165) is 58.4 Å². The van der Waals surface area contributed by atoms with Gasteiger partial charge in [-0.25, -0.2) is 9.59 Å². The van der Waals surface area contributed by atoms with Gasteiger partial charge in [-0.2, -0.15) is 0 Å². The highest BCUT2D eigenvalue weighted by Gasteiger charge is 2.23. The van der Waals surface area contributed by atoms with Crippen LogP contribution >= 0.6 is 0 Å². The van der Waals surface area contributed by atoms with Crippen molar-refractivity contribution in [2.75, 3.05) is 13.2 Å². The van der Waals surface area contributed by atoms with Crippen LogP contribution in [0.15, 0.2) is 72.8 Å². The fourth-order valence-corrected chi connectivity index (χ4v) is 5.34. The molecule has 0 aliphatic rings. The summed E-state index contributed by atoms with van der Waals surface area (Å²) < 4.78 is 17.5. The van der Waals surface area contributed by atoms with Crippen LogP contribution < -0.4 is 0 Å². The van der Waals surface area contributed by atoms with Crippen molar-refractivity contribution < 1.29 is 23.8 Å². The van der Waals surface area contributed by atoms with Gasteiger partial charge in [-0.3, -0.25) is 0 Å². The van der Waals surface area contributed by atoms with Crippen LogP contribution in [0.2, 0.25) is 0 Å². The van der Waals surface area contributed by atoms with Crippen molar-refractivity contribution in [1.82, 2.24) is 0 Å². The molecule has 0 saturated heterocycles. The first-order valence-corrected chi connectivity index (χ1v) is 14.1. The first-order valence-electron chi connectivity index (χ1n) is 14.1. The molecule has 0 aromatic heterocycles. The maximum absolute atomic E-state index is 13.4. The highest BCUT2D eigenvalue weighted by atomic mass is 16.6. The lowest BCUT2D eigenvalue weighted by atomic mass is 9.94. The van der Waals surface area contributed by atoms with Gasteiger partial charge in [0.2, 0.25) is 0 Å². The summed E-state index contributed by atoms with van der Waals surface area (Å²) in [5.41, 5.74) is 2.79. The molecule has 0 bridgehead atoms. The van der Waals surface area contributed by atoms with Crippen molar-refractivity contribution in [2.45, 2.75) is 65.6 Å². The Kier molecular flexibility index (Phi) is 9.85. The number of carbonyl (C=O) groups is 2. The summed E-state index contributed by atoms with van der Waals surface area (Å²) in [5, 5.41) is 3.35. The summed E-state index contributed by atoms with van der Waals surface area (Å²) in [4.78, 5) is 26.7. The number of fused-ring (bicyclic) bond motifs is 2. The molecule has 204 valence electrons. The van der Waals surface area contributed by atoms with Gasteiger partial charge in [0.1, 0.15) is 0 Å². The van der Waals surface area contributed by atoms with Crippen LogP contribution in [0.1, 0.15) is 97.4 Å². The topological polar surface area (TPSA) is 61.8 Å². The number of rotatable bonds is 12. The fourth-order valence-electron chi connectivity index (χ4n) is 5.34. The molecule has 4 aromatic rings. The molecule has 0 amide bonds. The monoisotopic (exact) mass is 526 g/mol. The van der Waals surface area contributed by atoms with Gasteiger partial charge in [0, 0.05) is 13.2 Å². The zero-order valence-electron chi connectivity index (χ0n) is 23.4. The van der Waals surface area contributed by atoms with Crippen LogP contribution in [0.25, 0.3) is 21.5 Å². The smallest absolute Gasteiger partial charge is 0.346 e. The summed E-state index contributed by atoms with van der Waals surface area (Å²) in [5.74, 6) is -1.34. The number of hydrogen-bond acceptors (Lipinski definition) is 5. The number of ether oxygens (including phenoxy) is 3. The quantitative estimate of drug-likeness (QED) is 0.136. The largest absolute Gasteiger partial charge is 0.386 e. The van der Waals surface area contributed by atoms with Gasteiger partial charge in [-0.15, -0.1) is 0 Å². The predicted molar refractivity (Wildman–Crippen MR) is 156 cm³/mol. The van der Waals surface area contributed by atoms with Crippen LogP contribution in [0.4, 0.5) is 0 Å². The second-order valence-corrected chi connectivity index (χ2v) is 9.64. The SMILES string of the molecule is CCCC(OCC)c1ccc(C(=O)OC(=O)c2ccc(C(CCC)OCC)c3ccccc23)c2ccccc12. The van der Waals surface area contributed by atoms with E-state index in [1.165, 1.54) is 0 Å². The van der Waals surface area contributed by atoms with Crippen molar-refractivity contribution in [3.63, 3.8) is 0 Å². The maximum atomic E-state index is 13.4. The molecule has 39 heavy (non-hydrogen) atoms. The lowest BCUT2D eigenvalue weighted by Crippen LogP contribution is -2.15. The van der Waals surface area contributed by atoms with E-state index in [0.29, 0.717) is 24.3 Å². The van der Waals surface area contributed by atoms with Gasteiger partial charge in [0.25, 0.3) is 0 Å². The third-order valence-electron chi connectivity index (χ3n) is 7.07. The first-order chi connectivity index (χ1) is 19.0. The molecule has 0 N–H and O–H groups in total. The Labute approximate surface area is 231 Å². The molecule has 5 heteroatoms. The molecule has 0 radical (unpaired) electrons. The van der Waals surface area contributed by atoms with Crippen molar-refractivity contribution in [3.8, 4) is 0 Å². The summed E-state index contributed by atoms with van der Waals surface area (Å²) >= 11 is 0. The van der Waals surface area contributed by atoms with Crippen LogP contribution in [-0.2, 0) is 14.2 Å². The Morgan fingerprint density at radius 1 is 0.564 bits per heavy atom. The Morgan fingerprint density at radius 3 is 1.31 bits per heavy atom. The lowest BCUT2D eigenvalue weighted by Gasteiger charge is -2.20. The van der Waals surface area contributed by atoms with Gasteiger partial charge in [0.15, 0.2) is 0 Å². The average molecular weight is 527 g/mol. The van der Waals surface area contributed by atoms with Crippen molar-refractivity contribution in [1.29, 1.82) is 0 Å². The second-order valence-electron chi connectivity index (χ2n) is 9.64. The number of esters is 2. The zero-order chi connectivity index (χ0) is 27.8. The van der Waals surface area contributed by atoms with Crippen LogP contribution in [0.5, 0.6) is 0 Å². The van der Waals surface area contributed by atoms with Crippen LogP contribution in [0, 0.1) is 0 Å². The van der Waals surface area contributed by atoms with Crippen LogP contribution in [-0.4, -0.2) is 25.2 Å². The molecule has 2 unspecified atom stereocenters. The van der Waals surface area contributed by atoms with E-state index in [-0.39, 0.29) is 12.2 Å². The van der Waals surface area contributed by atoms with Gasteiger partial charge in [-0.1, -0.05) is 87.4 Å². The molecule has 4 aromatic carbocycles. The first kappa shape index (κ1) is 28.5. The van der Waals surface area contributed by atoms with Gasteiger partial charge < -0.3 is 14.2 Å². The molecule has 0 spiro atoms. The van der Waals surface area contributed by atoms with E-state index >= 15 is 0 Å². The summed E-state index contributed by atoms with van der Waals surface area (Å²) in [7, 11) is 0. The normalized spacial score (nSPS) is 12.9. The highest BCUT2D eigenvalue weighted by molar-refractivity contribution is 6.13. The maximum Gasteiger partial charge on any atom is 0.346 e. The van der Waals surface area contributed by atoms with Gasteiger partial charge >= 0.3 is 11.9 Å². The summed E-state index contributed by atoms with van der Waals surface area (Å²) in [6.07, 6.45) is 3.60. The molecule has 2 atom stereocenters. The molecular formula is C34H38O5. The predicted octanol–water partition coefficient (Wildman–Crippen LogP) is 8.75. The Balaban J connectivity index is 1.67. The van der Waals surface area contributed by atoms with Gasteiger partial charge in [0.05, 0.1) is 23.3 Å². The van der Waals surface area contributed by atoms with Crippen molar-refractivity contribution in [2.24, 2.45) is 0 Å².